The zero-order valence-electron chi connectivity index (χ0n) is 15.3. The summed E-state index contributed by atoms with van der Waals surface area (Å²) in [5.74, 6) is 0.0855. The number of ether oxygens (including phenoxy) is 1. The van der Waals surface area contributed by atoms with Gasteiger partial charge in [-0.15, -0.1) is 0 Å². The summed E-state index contributed by atoms with van der Waals surface area (Å²) in [6, 6.07) is 5.28. The Morgan fingerprint density at radius 2 is 1.72 bits per heavy atom. The summed E-state index contributed by atoms with van der Waals surface area (Å²) in [6.45, 7) is 5.99. The van der Waals surface area contributed by atoms with Gasteiger partial charge in [-0.2, -0.15) is 0 Å². The predicted octanol–water partition coefficient (Wildman–Crippen LogP) is 2.78. The highest BCUT2D eigenvalue weighted by molar-refractivity contribution is 6.34. The number of piperazine rings is 1. The van der Waals surface area contributed by atoms with Crippen molar-refractivity contribution in [3.05, 3.63) is 33.8 Å². The molecule has 0 N–H and O–H groups in total. The minimum Gasteiger partial charge on any atom is -0.383 e. The average molecular weight is 388 g/mol. The first kappa shape index (κ1) is 20.5. The van der Waals surface area contributed by atoms with Crippen LogP contribution in [0, 0.1) is 0 Å². The lowest BCUT2D eigenvalue weighted by Crippen LogP contribution is -2.54. The summed E-state index contributed by atoms with van der Waals surface area (Å²) in [5, 5.41) is 1.08. The third-order valence-electron chi connectivity index (χ3n) is 4.61. The molecule has 1 amide bonds. The molecule has 7 heteroatoms. The first-order valence-electron chi connectivity index (χ1n) is 8.47. The van der Waals surface area contributed by atoms with Crippen LogP contribution in [0.25, 0.3) is 0 Å². The van der Waals surface area contributed by atoms with Crippen LogP contribution < -0.4 is 0 Å². The average Bonchev–Trinajstić information content (AvgIpc) is 2.54. The Hall–Kier alpha value is -0.850. The maximum absolute atomic E-state index is 13.1. The number of carbonyl (C=O) groups is 1. The number of methoxy groups -OCH3 is 1. The molecule has 1 saturated heterocycles. The van der Waals surface area contributed by atoms with Gasteiger partial charge in [0, 0.05) is 49.4 Å². The molecular formula is C18H27Cl2N3O2. The maximum Gasteiger partial charge on any atom is 0.244 e. The van der Waals surface area contributed by atoms with Crippen LogP contribution >= 0.6 is 23.2 Å². The highest BCUT2D eigenvalue weighted by Crippen LogP contribution is 2.28. The summed E-state index contributed by atoms with van der Waals surface area (Å²) >= 11 is 12.3. The number of hydrogen-bond acceptors (Lipinski definition) is 4. The van der Waals surface area contributed by atoms with Crippen LogP contribution in [-0.2, 0) is 9.53 Å². The second-order valence-electron chi connectivity index (χ2n) is 6.73. The Balaban J connectivity index is 2.09. The zero-order valence-corrected chi connectivity index (χ0v) is 16.8. The van der Waals surface area contributed by atoms with Crippen molar-refractivity contribution in [2.45, 2.75) is 19.0 Å². The quantitative estimate of drug-likeness (QED) is 0.751. The molecule has 0 aliphatic carbocycles. The number of nitrogens with zero attached hydrogens (tertiary/aromatic N) is 3. The molecule has 0 unspecified atom stereocenters. The summed E-state index contributed by atoms with van der Waals surface area (Å²) in [5.41, 5.74) is 0.822. The van der Waals surface area contributed by atoms with E-state index in [9.17, 15) is 4.79 Å². The third-order valence-corrected chi connectivity index (χ3v) is 5.04. The number of benzene rings is 1. The van der Waals surface area contributed by atoms with E-state index in [-0.39, 0.29) is 11.9 Å². The maximum atomic E-state index is 13.1. The summed E-state index contributed by atoms with van der Waals surface area (Å²) in [4.78, 5) is 19.3. The molecule has 2 rings (SSSR count). The Morgan fingerprint density at radius 3 is 2.20 bits per heavy atom. The fourth-order valence-corrected chi connectivity index (χ4v) is 3.84. The van der Waals surface area contributed by atoms with Crippen molar-refractivity contribution in [2.24, 2.45) is 0 Å². The smallest absolute Gasteiger partial charge is 0.244 e. The van der Waals surface area contributed by atoms with Crippen molar-refractivity contribution < 1.29 is 9.53 Å². The van der Waals surface area contributed by atoms with Crippen LogP contribution in [-0.4, -0.2) is 80.6 Å². The van der Waals surface area contributed by atoms with Gasteiger partial charge in [-0.1, -0.05) is 23.2 Å². The molecule has 0 spiro atoms. The van der Waals surface area contributed by atoms with E-state index in [4.69, 9.17) is 27.9 Å². The van der Waals surface area contributed by atoms with Crippen LogP contribution in [0.2, 0.25) is 10.0 Å². The number of amides is 1. The van der Waals surface area contributed by atoms with Gasteiger partial charge in [0.1, 0.15) is 6.04 Å². The molecule has 1 aromatic rings. The van der Waals surface area contributed by atoms with Crippen LogP contribution in [0.1, 0.15) is 18.5 Å². The Kier molecular flexibility index (Phi) is 7.52. The molecule has 1 heterocycles. The molecule has 140 valence electrons. The van der Waals surface area contributed by atoms with E-state index < -0.39 is 0 Å². The SMILES string of the molecule is COC[C@@H](C)N1CCN(C(=O)[C@H](c2cc(Cl)cc(Cl)c2)N(C)C)CC1. The van der Waals surface area contributed by atoms with E-state index in [1.54, 1.807) is 13.2 Å². The van der Waals surface area contributed by atoms with Crippen molar-refractivity contribution in [1.82, 2.24) is 14.7 Å². The largest absolute Gasteiger partial charge is 0.383 e. The van der Waals surface area contributed by atoms with Crippen molar-refractivity contribution >= 4 is 29.1 Å². The molecule has 2 atom stereocenters. The van der Waals surface area contributed by atoms with Crippen LogP contribution in [0.3, 0.4) is 0 Å². The number of likely N-dealkylation sites (N-methyl/N-ethyl adjacent to an activating group) is 1. The van der Waals surface area contributed by atoms with Gasteiger partial charge in [0.2, 0.25) is 5.91 Å². The first-order chi connectivity index (χ1) is 11.8. The topological polar surface area (TPSA) is 36.0 Å². The molecule has 5 nitrogen and oxygen atoms in total. The fraction of sp³-hybridized carbons (Fsp3) is 0.611. The number of halogens is 2. The second kappa shape index (κ2) is 9.19. The molecule has 25 heavy (non-hydrogen) atoms. The highest BCUT2D eigenvalue weighted by atomic mass is 35.5. The molecule has 0 radical (unpaired) electrons. The lowest BCUT2D eigenvalue weighted by atomic mass is 10.0. The van der Waals surface area contributed by atoms with Gasteiger partial charge in [0.25, 0.3) is 0 Å². The molecular weight excluding hydrogens is 361 g/mol. The molecule has 1 aliphatic heterocycles. The van der Waals surface area contributed by atoms with E-state index in [1.807, 2.05) is 36.0 Å². The number of rotatable bonds is 6. The van der Waals surface area contributed by atoms with Gasteiger partial charge < -0.3 is 9.64 Å². The predicted molar refractivity (Wildman–Crippen MR) is 102 cm³/mol. The molecule has 1 aromatic carbocycles. The van der Waals surface area contributed by atoms with Gasteiger partial charge in [0.05, 0.1) is 6.61 Å². The molecule has 1 fully saturated rings. The van der Waals surface area contributed by atoms with Crippen molar-refractivity contribution in [1.29, 1.82) is 0 Å². The van der Waals surface area contributed by atoms with Crippen molar-refractivity contribution in [3.8, 4) is 0 Å². The third kappa shape index (κ3) is 5.31. The number of hydrogen-bond donors (Lipinski definition) is 0. The van der Waals surface area contributed by atoms with Crippen molar-refractivity contribution in [2.75, 3.05) is 54.0 Å². The van der Waals surface area contributed by atoms with E-state index >= 15 is 0 Å². The molecule has 0 aromatic heterocycles. The summed E-state index contributed by atoms with van der Waals surface area (Å²) < 4.78 is 5.23. The van der Waals surface area contributed by atoms with Crippen LogP contribution in [0.4, 0.5) is 0 Å². The Labute approximate surface area is 160 Å². The van der Waals surface area contributed by atoms with E-state index in [0.29, 0.717) is 35.8 Å². The van der Waals surface area contributed by atoms with Gasteiger partial charge in [-0.3, -0.25) is 14.6 Å². The Bertz CT molecular complexity index is 569. The molecule has 1 aliphatic rings. The zero-order chi connectivity index (χ0) is 18.6. The molecule has 0 bridgehead atoms. The Morgan fingerprint density at radius 1 is 1.16 bits per heavy atom. The van der Waals surface area contributed by atoms with Crippen LogP contribution in [0.15, 0.2) is 18.2 Å². The van der Waals surface area contributed by atoms with Crippen LogP contribution in [0.5, 0.6) is 0 Å². The first-order valence-corrected chi connectivity index (χ1v) is 9.23. The van der Waals surface area contributed by atoms with Gasteiger partial charge in [0.15, 0.2) is 0 Å². The minimum atomic E-state index is -0.390. The molecule has 0 saturated carbocycles. The minimum absolute atomic E-state index is 0.0855. The van der Waals surface area contributed by atoms with E-state index in [2.05, 4.69) is 11.8 Å². The second-order valence-corrected chi connectivity index (χ2v) is 7.61. The van der Waals surface area contributed by atoms with E-state index in [0.717, 1.165) is 18.7 Å². The van der Waals surface area contributed by atoms with Gasteiger partial charge in [-0.05, 0) is 44.8 Å². The summed E-state index contributed by atoms with van der Waals surface area (Å²) in [6.07, 6.45) is 0. The highest BCUT2D eigenvalue weighted by Gasteiger charge is 2.31. The normalized spacial score (nSPS) is 18.4. The fourth-order valence-electron chi connectivity index (χ4n) is 3.30. The van der Waals surface area contributed by atoms with Crippen molar-refractivity contribution in [3.63, 3.8) is 0 Å². The summed E-state index contributed by atoms with van der Waals surface area (Å²) in [7, 11) is 5.51. The van der Waals surface area contributed by atoms with Gasteiger partial charge in [-0.25, -0.2) is 0 Å². The van der Waals surface area contributed by atoms with E-state index in [1.165, 1.54) is 0 Å². The standard InChI is InChI=1S/C18H27Cl2N3O2/c1-13(12-25-4)22-5-7-23(8-6-22)18(24)17(21(2)3)14-9-15(19)11-16(20)10-14/h9-11,13,17H,5-8,12H2,1-4H3/t13-,17+/m1/s1. The lowest BCUT2D eigenvalue weighted by Gasteiger charge is -2.40. The van der Waals surface area contributed by atoms with Gasteiger partial charge >= 0.3 is 0 Å². The number of carbonyl (C=O) groups excluding carboxylic acids is 1. The monoisotopic (exact) mass is 387 g/mol. The lowest BCUT2D eigenvalue weighted by molar-refractivity contribution is -0.138.